The summed E-state index contributed by atoms with van der Waals surface area (Å²) in [7, 11) is -1.27. The van der Waals surface area contributed by atoms with Gasteiger partial charge >= 0.3 is 0 Å². The average molecular weight is 633 g/mol. The predicted octanol–water partition coefficient (Wildman–Crippen LogP) is 4.61. The Hall–Kier alpha value is -3.57. The van der Waals surface area contributed by atoms with Crippen LogP contribution in [0.25, 0.3) is 0 Å². The minimum Gasteiger partial charge on any atom is -0.493 e. The number of carbonyl (C=O) groups is 2. The van der Waals surface area contributed by atoms with E-state index in [1.165, 1.54) is 37.3 Å². The summed E-state index contributed by atoms with van der Waals surface area (Å²) in [4.78, 5) is 28.3. The van der Waals surface area contributed by atoms with Gasteiger partial charge in [0.25, 0.3) is 10.0 Å². The van der Waals surface area contributed by atoms with E-state index < -0.39 is 28.5 Å². The van der Waals surface area contributed by atoms with E-state index in [1.807, 2.05) is 31.2 Å². The van der Waals surface area contributed by atoms with Gasteiger partial charge in [-0.15, -0.1) is 0 Å². The lowest BCUT2D eigenvalue weighted by Gasteiger charge is -2.32. The van der Waals surface area contributed by atoms with E-state index in [1.54, 1.807) is 37.3 Å². The van der Waals surface area contributed by atoms with Gasteiger partial charge in [0.05, 0.1) is 24.8 Å². The summed E-state index contributed by atoms with van der Waals surface area (Å²) in [5.41, 5.74) is 0.988. The SMILES string of the molecule is CCCNC(=O)[C@H](C)N(Cc1cccc(Br)c1)C(=O)CN(c1ccc(OC)c(OC)c1)S(=O)(=O)c1ccccc1. The molecular weight excluding hydrogens is 598 g/mol. The van der Waals surface area contributed by atoms with Gasteiger partial charge in [0.15, 0.2) is 11.5 Å². The molecule has 0 saturated heterocycles. The van der Waals surface area contributed by atoms with Gasteiger partial charge < -0.3 is 19.7 Å². The Bertz CT molecular complexity index is 1420. The molecule has 1 N–H and O–H groups in total. The van der Waals surface area contributed by atoms with E-state index in [0.29, 0.717) is 18.0 Å². The number of methoxy groups -OCH3 is 2. The molecule has 3 rings (SSSR count). The van der Waals surface area contributed by atoms with Crippen molar-refractivity contribution in [2.45, 2.75) is 37.8 Å². The summed E-state index contributed by atoms with van der Waals surface area (Å²) in [6.07, 6.45) is 0.737. The molecule has 0 fully saturated rings. The van der Waals surface area contributed by atoms with Gasteiger partial charge in [-0.05, 0) is 55.3 Å². The lowest BCUT2D eigenvalue weighted by Crippen LogP contribution is -2.51. The molecule has 1 atom stereocenters. The second-order valence-electron chi connectivity index (χ2n) is 8.98. The lowest BCUT2D eigenvalue weighted by molar-refractivity contribution is -0.139. The smallest absolute Gasteiger partial charge is 0.264 e. The minimum absolute atomic E-state index is 0.0184. The Labute approximate surface area is 244 Å². The number of benzene rings is 3. The first-order valence-corrected chi connectivity index (χ1v) is 15.0. The molecule has 2 amide bonds. The molecule has 214 valence electrons. The predicted molar refractivity (Wildman–Crippen MR) is 158 cm³/mol. The molecule has 3 aromatic rings. The summed E-state index contributed by atoms with van der Waals surface area (Å²) in [6, 6.07) is 19.0. The quantitative estimate of drug-likeness (QED) is 0.295. The van der Waals surface area contributed by atoms with Crippen LogP contribution in [0.15, 0.2) is 82.2 Å². The van der Waals surface area contributed by atoms with Crippen LogP contribution in [0, 0.1) is 0 Å². The average Bonchev–Trinajstić information content (AvgIpc) is 2.96. The number of nitrogens with one attached hydrogen (secondary N) is 1. The molecule has 3 aromatic carbocycles. The Balaban J connectivity index is 2.06. The molecule has 0 unspecified atom stereocenters. The van der Waals surface area contributed by atoms with Gasteiger partial charge in [0.1, 0.15) is 12.6 Å². The molecule has 0 heterocycles. The number of hydrogen-bond donors (Lipinski definition) is 1. The first-order chi connectivity index (χ1) is 19.1. The zero-order valence-corrected chi connectivity index (χ0v) is 25.4. The van der Waals surface area contributed by atoms with Crippen LogP contribution in [0.4, 0.5) is 5.69 Å². The summed E-state index contributed by atoms with van der Waals surface area (Å²) in [6.45, 7) is 3.58. The largest absolute Gasteiger partial charge is 0.493 e. The molecule has 40 heavy (non-hydrogen) atoms. The molecule has 9 nitrogen and oxygen atoms in total. The van der Waals surface area contributed by atoms with Crippen molar-refractivity contribution in [1.29, 1.82) is 0 Å². The van der Waals surface area contributed by atoms with E-state index >= 15 is 0 Å². The first-order valence-electron chi connectivity index (χ1n) is 12.7. The highest BCUT2D eigenvalue weighted by Crippen LogP contribution is 2.34. The van der Waals surface area contributed by atoms with Crippen molar-refractivity contribution >= 4 is 43.5 Å². The van der Waals surface area contributed by atoms with Crippen molar-refractivity contribution in [3.05, 3.63) is 82.8 Å². The highest BCUT2D eigenvalue weighted by atomic mass is 79.9. The Morgan fingerprint density at radius 3 is 2.27 bits per heavy atom. The van der Waals surface area contributed by atoms with Crippen LogP contribution in [-0.2, 0) is 26.2 Å². The molecule has 11 heteroatoms. The second kappa shape index (κ2) is 14.2. The molecule has 0 aliphatic rings. The maximum atomic E-state index is 14.0. The monoisotopic (exact) mass is 631 g/mol. The van der Waals surface area contributed by atoms with Crippen LogP contribution in [-0.4, -0.2) is 58.5 Å². The van der Waals surface area contributed by atoms with Crippen LogP contribution in [0.3, 0.4) is 0 Å². The van der Waals surface area contributed by atoms with E-state index in [9.17, 15) is 18.0 Å². The number of sulfonamides is 1. The van der Waals surface area contributed by atoms with E-state index in [4.69, 9.17) is 9.47 Å². The number of amides is 2. The standard InChI is InChI=1S/C29H34BrN3O6S/c1-5-16-31-29(35)21(2)32(19-22-10-9-11-23(30)17-22)28(34)20-33(40(36,37)25-12-7-6-8-13-25)24-14-15-26(38-3)27(18-24)39-4/h6-15,17-18,21H,5,16,19-20H2,1-4H3,(H,31,35)/t21-/m0/s1. The van der Waals surface area contributed by atoms with Crippen LogP contribution < -0.4 is 19.1 Å². The molecule has 0 saturated carbocycles. The molecular formula is C29H34BrN3O6S. The van der Waals surface area contributed by atoms with Crippen LogP contribution >= 0.6 is 15.9 Å². The van der Waals surface area contributed by atoms with Gasteiger partial charge in [0.2, 0.25) is 11.8 Å². The number of halogens is 1. The number of rotatable bonds is 13. The van der Waals surface area contributed by atoms with Crippen molar-refractivity contribution in [2.75, 3.05) is 31.6 Å². The molecule has 0 radical (unpaired) electrons. The number of anilines is 1. The van der Waals surface area contributed by atoms with Crippen molar-refractivity contribution in [2.24, 2.45) is 0 Å². The minimum atomic E-state index is -4.19. The Kier molecular flexibility index (Phi) is 11.0. The number of nitrogens with zero attached hydrogens (tertiary/aromatic N) is 2. The fourth-order valence-electron chi connectivity index (χ4n) is 4.04. The van der Waals surface area contributed by atoms with Gasteiger partial charge in [-0.25, -0.2) is 8.42 Å². The lowest BCUT2D eigenvalue weighted by atomic mass is 10.1. The second-order valence-corrected chi connectivity index (χ2v) is 11.8. The van der Waals surface area contributed by atoms with Gasteiger partial charge in [-0.2, -0.15) is 0 Å². The number of hydrogen-bond acceptors (Lipinski definition) is 6. The summed E-state index contributed by atoms with van der Waals surface area (Å²) < 4.78 is 40.3. The third-order valence-corrected chi connectivity index (χ3v) is 8.50. The number of carbonyl (C=O) groups excluding carboxylic acids is 2. The maximum absolute atomic E-state index is 14.0. The van der Waals surface area contributed by atoms with Gasteiger partial charge in [-0.1, -0.05) is 53.2 Å². The summed E-state index contributed by atoms with van der Waals surface area (Å²) >= 11 is 3.45. The summed E-state index contributed by atoms with van der Waals surface area (Å²) in [5, 5.41) is 2.83. The van der Waals surface area contributed by atoms with Gasteiger partial charge in [-0.3, -0.25) is 13.9 Å². The van der Waals surface area contributed by atoms with Gasteiger partial charge in [0, 0.05) is 23.6 Å². The normalized spacial score (nSPS) is 11.8. The van der Waals surface area contributed by atoms with E-state index in [0.717, 1.165) is 20.8 Å². The number of ether oxygens (including phenoxy) is 2. The fraction of sp³-hybridized carbons (Fsp3) is 0.310. The van der Waals surface area contributed by atoms with Crippen LogP contribution in [0.1, 0.15) is 25.8 Å². The van der Waals surface area contributed by atoms with Crippen molar-refractivity contribution in [3.8, 4) is 11.5 Å². The topological polar surface area (TPSA) is 105 Å². The van der Waals surface area contributed by atoms with Crippen LogP contribution in [0.5, 0.6) is 11.5 Å². The van der Waals surface area contributed by atoms with E-state index in [-0.39, 0.29) is 23.0 Å². The molecule has 0 bridgehead atoms. The maximum Gasteiger partial charge on any atom is 0.264 e. The van der Waals surface area contributed by atoms with Crippen molar-refractivity contribution in [3.63, 3.8) is 0 Å². The Morgan fingerprint density at radius 1 is 0.950 bits per heavy atom. The third kappa shape index (κ3) is 7.54. The zero-order chi connectivity index (χ0) is 29.3. The zero-order valence-electron chi connectivity index (χ0n) is 23.0. The van der Waals surface area contributed by atoms with Crippen LogP contribution in [0.2, 0.25) is 0 Å². The molecule has 0 aliphatic carbocycles. The summed E-state index contributed by atoms with van der Waals surface area (Å²) in [5.74, 6) is -0.159. The van der Waals surface area contributed by atoms with Crippen molar-refractivity contribution in [1.82, 2.24) is 10.2 Å². The molecule has 0 aromatic heterocycles. The molecule has 0 aliphatic heterocycles. The highest BCUT2D eigenvalue weighted by molar-refractivity contribution is 9.10. The van der Waals surface area contributed by atoms with E-state index in [2.05, 4.69) is 21.2 Å². The highest BCUT2D eigenvalue weighted by Gasteiger charge is 2.33. The van der Waals surface area contributed by atoms with Crippen molar-refractivity contribution < 1.29 is 27.5 Å². The fourth-order valence-corrected chi connectivity index (χ4v) is 5.91. The third-order valence-electron chi connectivity index (χ3n) is 6.22. The molecule has 0 spiro atoms. The Morgan fingerprint density at radius 2 is 1.65 bits per heavy atom. The first kappa shape index (κ1) is 31.0.